The van der Waals surface area contributed by atoms with Gasteiger partial charge in [0.25, 0.3) is 5.91 Å². The summed E-state index contributed by atoms with van der Waals surface area (Å²) in [6.07, 6.45) is 3.28. The van der Waals surface area contributed by atoms with Crippen LogP contribution in [0, 0.1) is 6.92 Å². The van der Waals surface area contributed by atoms with Crippen molar-refractivity contribution in [2.24, 2.45) is 0 Å². The lowest BCUT2D eigenvalue weighted by Gasteiger charge is -2.18. The number of benzene rings is 1. The summed E-state index contributed by atoms with van der Waals surface area (Å²) < 4.78 is 0. The van der Waals surface area contributed by atoms with E-state index in [-0.39, 0.29) is 18.4 Å². The lowest BCUT2D eigenvalue weighted by molar-refractivity contribution is -0.116. The molecule has 3 rings (SSSR count). The monoisotopic (exact) mass is 392 g/mol. The van der Waals surface area contributed by atoms with Gasteiger partial charge in [0.1, 0.15) is 10.8 Å². The molecule has 1 aromatic carbocycles. The number of hydrogen-bond donors (Lipinski definition) is 1. The molecule has 142 valence electrons. The van der Waals surface area contributed by atoms with E-state index in [0.29, 0.717) is 16.4 Å². The van der Waals surface area contributed by atoms with Crippen molar-refractivity contribution in [3.63, 3.8) is 0 Å². The minimum absolute atomic E-state index is 0.0845. The molecule has 0 aliphatic rings. The number of pyridine rings is 2. The van der Waals surface area contributed by atoms with Gasteiger partial charge in [-0.15, -0.1) is 0 Å². The molecule has 1 N–H and O–H groups in total. The summed E-state index contributed by atoms with van der Waals surface area (Å²) in [5.41, 5.74) is 1.45. The fourth-order valence-electron chi connectivity index (χ4n) is 2.51. The molecule has 0 saturated heterocycles. The number of nitrogens with one attached hydrogen (secondary N) is 1. The molecule has 0 fully saturated rings. The van der Waals surface area contributed by atoms with Crippen molar-refractivity contribution in [3.05, 3.63) is 78.1 Å². The molecular weight excluding hydrogens is 372 g/mol. The molecule has 6 nitrogen and oxygen atoms in total. The first kappa shape index (κ1) is 19.6. The van der Waals surface area contributed by atoms with E-state index in [1.54, 1.807) is 37.6 Å². The van der Waals surface area contributed by atoms with E-state index in [4.69, 9.17) is 0 Å². The summed E-state index contributed by atoms with van der Waals surface area (Å²) in [5.74, 6) is -0.110. The van der Waals surface area contributed by atoms with Crippen molar-refractivity contribution in [2.75, 3.05) is 18.9 Å². The maximum Gasteiger partial charge on any atom is 0.256 e. The number of likely N-dealkylation sites (N-methyl/N-ethyl adjacent to an activating group) is 1. The molecule has 28 heavy (non-hydrogen) atoms. The summed E-state index contributed by atoms with van der Waals surface area (Å²) in [7, 11) is 1.59. The summed E-state index contributed by atoms with van der Waals surface area (Å²) in [4.78, 5) is 36.0. The molecule has 0 spiro atoms. The van der Waals surface area contributed by atoms with Gasteiger partial charge in [-0.25, -0.2) is 9.97 Å². The minimum Gasteiger partial charge on any atom is -0.332 e. The minimum atomic E-state index is -0.310. The molecule has 0 bridgehead atoms. The second kappa shape index (κ2) is 9.14. The zero-order valence-corrected chi connectivity index (χ0v) is 16.4. The smallest absolute Gasteiger partial charge is 0.256 e. The summed E-state index contributed by atoms with van der Waals surface area (Å²) in [5, 5.41) is 3.31. The lowest BCUT2D eigenvalue weighted by Crippen LogP contribution is -2.35. The van der Waals surface area contributed by atoms with Crippen LogP contribution in [-0.4, -0.2) is 40.3 Å². The normalized spacial score (nSPS) is 10.4. The molecule has 7 heteroatoms. The van der Waals surface area contributed by atoms with Crippen LogP contribution in [0.5, 0.6) is 0 Å². The molecule has 2 amide bonds. The van der Waals surface area contributed by atoms with E-state index in [2.05, 4.69) is 15.3 Å². The third-order valence-corrected chi connectivity index (χ3v) is 4.90. The number of nitrogens with zero attached hydrogens (tertiary/aromatic N) is 3. The van der Waals surface area contributed by atoms with Crippen LogP contribution in [0.2, 0.25) is 0 Å². The third-order valence-electron chi connectivity index (χ3n) is 3.87. The van der Waals surface area contributed by atoms with Crippen LogP contribution in [0.1, 0.15) is 15.9 Å². The Morgan fingerprint density at radius 1 is 1.04 bits per heavy atom. The first-order valence-electron chi connectivity index (χ1n) is 8.69. The van der Waals surface area contributed by atoms with Gasteiger partial charge in [0, 0.05) is 24.3 Å². The molecule has 2 heterocycles. The average Bonchev–Trinajstić information content (AvgIpc) is 2.68. The van der Waals surface area contributed by atoms with Crippen LogP contribution in [0.15, 0.2) is 76.9 Å². The fraction of sp³-hybridized carbons (Fsp3) is 0.143. The lowest BCUT2D eigenvalue weighted by atomic mass is 10.2. The van der Waals surface area contributed by atoms with Gasteiger partial charge < -0.3 is 10.2 Å². The highest BCUT2D eigenvalue weighted by Crippen LogP contribution is 2.28. The average molecular weight is 392 g/mol. The first-order valence-corrected chi connectivity index (χ1v) is 9.50. The maximum absolute atomic E-state index is 12.9. The number of carbonyl (C=O) groups excluding carboxylic acids is 2. The first-order chi connectivity index (χ1) is 13.5. The highest BCUT2D eigenvalue weighted by atomic mass is 32.2. The van der Waals surface area contributed by atoms with Gasteiger partial charge in [-0.1, -0.05) is 30.0 Å². The van der Waals surface area contributed by atoms with E-state index in [9.17, 15) is 9.59 Å². The largest absolute Gasteiger partial charge is 0.332 e. The summed E-state index contributed by atoms with van der Waals surface area (Å²) in [6.45, 7) is 1.83. The van der Waals surface area contributed by atoms with Crippen molar-refractivity contribution >= 4 is 29.4 Å². The molecule has 0 aliphatic heterocycles. The van der Waals surface area contributed by atoms with E-state index < -0.39 is 0 Å². The molecule has 3 aromatic rings. The van der Waals surface area contributed by atoms with Crippen LogP contribution in [0.25, 0.3) is 0 Å². The van der Waals surface area contributed by atoms with Crippen molar-refractivity contribution in [3.8, 4) is 0 Å². The van der Waals surface area contributed by atoms with E-state index in [1.165, 1.54) is 16.7 Å². The molecular formula is C21H20N4O2S. The van der Waals surface area contributed by atoms with Crippen LogP contribution >= 0.6 is 11.8 Å². The zero-order chi connectivity index (χ0) is 19.9. The van der Waals surface area contributed by atoms with Gasteiger partial charge in [-0.3, -0.25) is 9.59 Å². The van der Waals surface area contributed by atoms with Crippen LogP contribution in [-0.2, 0) is 4.79 Å². The number of amides is 2. The molecule has 0 radical (unpaired) electrons. The Hall–Kier alpha value is -3.19. The Morgan fingerprint density at radius 3 is 2.57 bits per heavy atom. The second-order valence-corrected chi connectivity index (χ2v) is 7.26. The Kier molecular flexibility index (Phi) is 6.39. The number of carbonyl (C=O) groups is 2. The number of rotatable bonds is 6. The van der Waals surface area contributed by atoms with Crippen molar-refractivity contribution in [2.45, 2.75) is 16.8 Å². The van der Waals surface area contributed by atoms with Crippen molar-refractivity contribution in [1.82, 2.24) is 14.9 Å². The Bertz CT molecular complexity index is 979. The van der Waals surface area contributed by atoms with Crippen molar-refractivity contribution < 1.29 is 9.59 Å². The summed E-state index contributed by atoms with van der Waals surface area (Å²) >= 11 is 1.41. The van der Waals surface area contributed by atoms with Gasteiger partial charge in [-0.2, -0.15) is 0 Å². The van der Waals surface area contributed by atoms with Crippen molar-refractivity contribution in [1.29, 1.82) is 0 Å². The second-order valence-electron chi connectivity index (χ2n) is 6.20. The number of hydrogen-bond acceptors (Lipinski definition) is 5. The van der Waals surface area contributed by atoms with E-state index in [1.807, 2.05) is 43.3 Å². The number of anilines is 1. The summed E-state index contributed by atoms with van der Waals surface area (Å²) in [6, 6.07) is 16.8. The topological polar surface area (TPSA) is 75.2 Å². The van der Waals surface area contributed by atoms with Crippen LogP contribution in [0.4, 0.5) is 5.82 Å². The Labute approximate surface area is 168 Å². The predicted octanol–water partition coefficient (Wildman–Crippen LogP) is 3.65. The van der Waals surface area contributed by atoms with E-state index in [0.717, 1.165) is 10.5 Å². The predicted molar refractivity (Wildman–Crippen MR) is 109 cm³/mol. The van der Waals surface area contributed by atoms with Gasteiger partial charge in [0.15, 0.2) is 0 Å². The molecule has 0 aliphatic carbocycles. The van der Waals surface area contributed by atoms with Gasteiger partial charge in [0.2, 0.25) is 5.91 Å². The maximum atomic E-state index is 12.9. The molecule has 2 aromatic heterocycles. The highest BCUT2D eigenvalue weighted by Gasteiger charge is 2.19. The highest BCUT2D eigenvalue weighted by molar-refractivity contribution is 7.99. The van der Waals surface area contributed by atoms with Crippen LogP contribution < -0.4 is 5.32 Å². The Morgan fingerprint density at radius 2 is 1.82 bits per heavy atom. The number of aromatic nitrogens is 2. The van der Waals surface area contributed by atoms with Gasteiger partial charge in [-0.05, 0) is 48.9 Å². The SMILES string of the molecule is Cc1ccnc(NC(=O)CN(C)C(=O)c2cccnc2Sc2ccccc2)c1. The van der Waals surface area contributed by atoms with Gasteiger partial charge >= 0.3 is 0 Å². The molecule has 0 atom stereocenters. The fourth-order valence-corrected chi connectivity index (χ4v) is 3.41. The Balaban J connectivity index is 1.68. The van der Waals surface area contributed by atoms with E-state index >= 15 is 0 Å². The standard InChI is InChI=1S/C21H20N4O2S/c1-15-10-12-22-18(13-15)24-19(26)14-25(2)21(27)17-9-6-11-23-20(17)28-16-7-4-3-5-8-16/h3-13H,14H2,1-2H3,(H,22,24,26). The zero-order valence-electron chi connectivity index (χ0n) is 15.6. The molecule has 0 saturated carbocycles. The van der Waals surface area contributed by atoms with Crippen LogP contribution in [0.3, 0.4) is 0 Å². The van der Waals surface area contributed by atoms with Gasteiger partial charge in [0.05, 0.1) is 12.1 Å². The number of aryl methyl sites for hydroxylation is 1. The third kappa shape index (κ3) is 5.17. The molecule has 0 unspecified atom stereocenters. The quantitative estimate of drug-likeness (QED) is 0.693.